The van der Waals surface area contributed by atoms with Crippen LogP contribution in [-0.4, -0.2) is 25.0 Å². The van der Waals surface area contributed by atoms with Gasteiger partial charge in [-0.1, -0.05) is 31.5 Å². The highest BCUT2D eigenvalue weighted by molar-refractivity contribution is 5.95. The number of piperidine rings is 1. The van der Waals surface area contributed by atoms with Crippen molar-refractivity contribution in [2.24, 2.45) is 5.41 Å². The van der Waals surface area contributed by atoms with Gasteiger partial charge in [0.15, 0.2) is 0 Å². The molecule has 1 amide bonds. The molecule has 1 saturated heterocycles. The zero-order valence-electron chi connectivity index (χ0n) is 13.0. The first-order valence-electron chi connectivity index (χ1n) is 7.49. The highest BCUT2D eigenvalue weighted by Gasteiger charge is 2.32. The summed E-state index contributed by atoms with van der Waals surface area (Å²) in [6, 6.07) is 6.36. The van der Waals surface area contributed by atoms with Gasteiger partial charge in [0.2, 0.25) is 0 Å². The first-order chi connectivity index (χ1) is 9.40. The second-order valence-electron chi connectivity index (χ2n) is 6.63. The summed E-state index contributed by atoms with van der Waals surface area (Å²) < 4.78 is 0. The number of amides is 1. The van der Waals surface area contributed by atoms with Gasteiger partial charge in [0.1, 0.15) is 0 Å². The minimum atomic E-state index is 0.0365. The highest BCUT2D eigenvalue weighted by Crippen LogP contribution is 2.29. The van der Waals surface area contributed by atoms with Gasteiger partial charge >= 0.3 is 0 Å². The standard InChI is InChI=1S/C17H26N2O/c1-12-6-7-13(2)14(10-12)16(20)19-11-15-17(3,4)8-5-9-18-15/h6-7,10,15,18H,5,8-9,11H2,1-4H3,(H,19,20). The van der Waals surface area contributed by atoms with Crippen molar-refractivity contribution in [1.82, 2.24) is 10.6 Å². The Labute approximate surface area is 122 Å². The minimum Gasteiger partial charge on any atom is -0.350 e. The van der Waals surface area contributed by atoms with E-state index in [1.807, 2.05) is 32.0 Å². The summed E-state index contributed by atoms with van der Waals surface area (Å²) in [7, 11) is 0. The van der Waals surface area contributed by atoms with Crippen LogP contribution in [0.4, 0.5) is 0 Å². The molecule has 1 fully saturated rings. The number of carbonyl (C=O) groups is 1. The third-order valence-electron chi connectivity index (χ3n) is 4.44. The first kappa shape index (κ1) is 15.0. The smallest absolute Gasteiger partial charge is 0.251 e. The molecule has 0 saturated carbocycles. The van der Waals surface area contributed by atoms with Crippen LogP contribution in [0.5, 0.6) is 0 Å². The van der Waals surface area contributed by atoms with Crippen LogP contribution in [0.2, 0.25) is 0 Å². The summed E-state index contributed by atoms with van der Waals surface area (Å²) in [5, 5.41) is 6.62. The monoisotopic (exact) mass is 274 g/mol. The molecule has 0 bridgehead atoms. The highest BCUT2D eigenvalue weighted by atomic mass is 16.1. The van der Waals surface area contributed by atoms with Gasteiger partial charge in [-0.2, -0.15) is 0 Å². The first-order valence-corrected chi connectivity index (χ1v) is 7.49. The van der Waals surface area contributed by atoms with Gasteiger partial charge in [-0.25, -0.2) is 0 Å². The molecular weight excluding hydrogens is 248 g/mol. The zero-order chi connectivity index (χ0) is 14.8. The molecule has 0 aromatic heterocycles. The lowest BCUT2D eigenvalue weighted by Crippen LogP contribution is -2.52. The fourth-order valence-electron chi connectivity index (χ4n) is 2.89. The SMILES string of the molecule is Cc1ccc(C)c(C(=O)NCC2NCCCC2(C)C)c1. The molecule has 2 rings (SSSR count). The Morgan fingerprint density at radius 1 is 1.40 bits per heavy atom. The maximum Gasteiger partial charge on any atom is 0.251 e. The molecule has 1 unspecified atom stereocenters. The van der Waals surface area contributed by atoms with E-state index in [9.17, 15) is 4.79 Å². The summed E-state index contributed by atoms with van der Waals surface area (Å²) in [4.78, 5) is 12.3. The Kier molecular flexibility index (Phi) is 4.48. The average Bonchev–Trinajstić information content (AvgIpc) is 2.39. The van der Waals surface area contributed by atoms with Crippen LogP contribution in [0.1, 0.15) is 48.2 Å². The molecule has 1 aromatic carbocycles. The van der Waals surface area contributed by atoms with E-state index in [1.54, 1.807) is 0 Å². The predicted octanol–water partition coefficient (Wildman–Crippen LogP) is 2.81. The third kappa shape index (κ3) is 3.40. The van der Waals surface area contributed by atoms with Gasteiger partial charge in [0, 0.05) is 18.2 Å². The van der Waals surface area contributed by atoms with E-state index >= 15 is 0 Å². The normalized spacial score (nSPS) is 21.5. The molecule has 2 N–H and O–H groups in total. The molecule has 20 heavy (non-hydrogen) atoms. The maximum absolute atomic E-state index is 12.3. The van der Waals surface area contributed by atoms with Crippen molar-refractivity contribution < 1.29 is 4.79 Å². The maximum atomic E-state index is 12.3. The van der Waals surface area contributed by atoms with Gasteiger partial charge in [0.05, 0.1) is 0 Å². The van der Waals surface area contributed by atoms with Crippen LogP contribution < -0.4 is 10.6 Å². The summed E-state index contributed by atoms with van der Waals surface area (Å²) >= 11 is 0. The Morgan fingerprint density at radius 2 is 2.15 bits per heavy atom. The van der Waals surface area contributed by atoms with Crippen molar-refractivity contribution in [3.8, 4) is 0 Å². The number of benzene rings is 1. The molecule has 0 spiro atoms. The van der Waals surface area contributed by atoms with Crippen molar-refractivity contribution in [2.45, 2.75) is 46.6 Å². The van der Waals surface area contributed by atoms with Gasteiger partial charge in [-0.3, -0.25) is 4.79 Å². The molecule has 110 valence electrons. The molecule has 1 heterocycles. The van der Waals surface area contributed by atoms with Crippen LogP contribution >= 0.6 is 0 Å². The second kappa shape index (κ2) is 5.96. The molecule has 0 radical (unpaired) electrons. The van der Waals surface area contributed by atoms with Gasteiger partial charge in [-0.05, 0) is 50.3 Å². The molecule has 1 atom stereocenters. The summed E-state index contributed by atoms with van der Waals surface area (Å²) in [5.41, 5.74) is 3.19. The topological polar surface area (TPSA) is 41.1 Å². The van der Waals surface area contributed by atoms with E-state index in [0.29, 0.717) is 12.6 Å². The number of hydrogen-bond donors (Lipinski definition) is 2. The van der Waals surface area contributed by atoms with E-state index in [1.165, 1.54) is 12.8 Å². The second-order valence-corrected chi connectivity index (χ2v) is 6.63. The Hall–Kier alpha value is -1.35. The van der Waals surface area contributed by atoms with Crippen molar-refractivity contribution in [3.05, 3.63) is 34.9 Å². The van der Waals surface area contributed by atoms with E-state index in [2.05, 4.69) is 24.5 Å². The summed E-state index contributed by atoms with van der Waals surface area (Å²) in [6.45, 7) is 10.3. The Balaban J connectivity index is 2.00. The van der Waals surface area contributed by atoms with Crippen molar-refractivity contribution in [2.75, 3.05) is 13.1 Å². The molecule has 0 aliphatic carbocycles. The van der Waals surface area contributed by atoms with Crippen molar-refractivity contribution >= 4 is 5.91 Å². The number of hydrogen-bond acceptors (Lipinski definition) is 2. The molecular formula is C17H26N2O. The predicted molar refractivity (Wildman–Crippen MR) is 83.1 cm³/mol. The molecule has 1 aliphatic heterocycles. The zero-order valence-corrected chi connectivity index (χ0v) is 13.0. The fourth-order valence-corrected chi connectivity index (χ4v) is 2.89. The summed E-state index contributed by atoms with van der Waals surface area (Å²) in [6.07, 6.45) is 2.43. The van der Waals surface area contributed by atoms with E-state index in [4.69, 9.17) is 0 Å². The van der Waals surface area contributed by atoms with E-state index < -0.39 is 0 Å². The van der Waals surface area contributed by atoms with Gasteiger partial charge in [-0.15, -0.1) is 0 Å². The number of nitrogens with one attached hydrogen (secondary N) is 2. The number of carbonyl (C=O) groups excluding carboxylic acids is 1. The Bertz CT molecular complexity index is 494. The van der Waals surface area contributed by atoms with Gasteiger partial charge in [0.25, 0.3) is 5.91 Å². The summed E-state index contributed by atoms with van der Waals surface area (Å²) in [5.74, 6) is 0.0365. The van der Waals surface area contributed by atoms with Crippen molar-refractivity contribution in [3.63, 3.8) is 0 Å². The quantitative estimate of drug-likeness (QED) is 0.890. The van der Waals surface area contributed by atoms with Crippen LogP contribution in [0.3, 0.4) is 0 Å². The minimum absolute atomic E-state index is 0.0365. The van der Waals surface area contributed by atoms with E-state index in [0.717, 1.165) is 23.2 Å². The van der Waals surface area contributed by atoms with Crippen LogP contribution in [0.15, 0.2) is 18.2 Å². The Morgan fingerprint density at radius 3 is 2.85 bits per heavy atom. The molecule has 1 aromatic rings. The molecule has 3 heteroatoms. The average molecular weight is 274 g/mol. The lowest BCUT2D eigenvalue weighted by molar-refractivity contribution is 0.0928. The van der Waals surface area contributed by atoms with E-state index in [-0.39, 0.29) is 11.3 Å². The fraction of sp³-hybridized carbons (Fsp3) is 0.588. The lowest BCUT2D eigenvalue weighted by atomic mass is 9.77. The van der Waals surface area contributed by atoms with Crippen LogP contribution in [0.25, 0.3) is 0 Å². The number of rotatable bonds is 3. The van der Waals surface area contributed by atoms with Crippen molar-refractivity contribution in [1.29, 1.82) is 0 Å². The van der Waals surface area contributed by atoms with Crippen LogP contribution in [-0.2, 0) is 0 Å². The largest absolute Gasteiger partial charge is 0.350 e. The van der Waals surface area contributed by atoms with Gasteiger partial charge < -0.3 is 10.6 Å². The third-order valence-corrected chi connectivity index (χ3v) is 4.44. The number of aryl methyl sites for hydroxylation is 2. The molecule has 3 nitrogen and oxygen atoms in total. The molecule has 1 aliphatic rings. The lowest BCUT2D eigenvalue weighted by Gasteiger charge is -2.39. The van der Waals surface area contributed by atoms with Crippen LogP contribution in [0, 0.1) is 19.3 Å².